The fourth-order valence-electron chi connectivity index (χ4n) is 2.91. The number of ether oxygens (including phenoxy) is 1. The molecule has 0 radical (unpaired) electrons. The number of hydrogen-bond acceptors (Lipinski definition) is 6. The summed E-state index contributed by atoms with van der Waals surface area (Å²) in [5.74, 6) is -0.903. The number of rotatable bonds is 5. The van der Waals surface area contributed by atoms with Gasteiger partial charge in [0.25, 0.3) is 5.91 Å². The lowest BCUT2D eigenvalue weighted by atomic mass is 10.0. The highest BCUT2D eigenvalue weighted by atomic mass is 32.1. The molecule has 1 aromatic heterocycles. The summed E-state index contributed by atoms with van der Waals surface area (Å²) in [5.41, 5.74) is 2.97. The molecule has 2 N–H and O–H groups in total. The molecule has 0 bridgehead atoms. The molecule has 0 spiro atoms. The highest BCUT2D eigenvalue weighted by molar-refractivity contribution is 7.07. The van der Waals surface area contributed by atoms with Crippen LogP contribution < -0.4 is 10.1 Å². The normalized spacial score (nSPS) is 21.1. The second-order valence-corrected chi connectivity index (χ2v) is 6.72. The van der Waals surface area contributed by atoms with E-state index in [1.807, 2.05) is 5.38 Å². The Morgan fingerprint density at radius 2 is 2.40 bits per heavy atom. The molecule has 0 aliphatic carbocycles. The van der Waals surface area contributed by atoms with E-state index in [9.17, 15) is 14.3 Å². The Hall–Kier alpha value is -2.03. The molecule has 1 amide bonds. The van der Waals surface area contributed by atoms with Gasteiger partial charge in [0.2, 0.25) is 0 Å². The molecular formula is C17H20FN3O3S. The molecule has 6 nitrogen and oxygen atoms in total. The van der Waals surface area contributed by atoms with E-state index < -0.39 is 17.8 Å². The van der Waals surface area contributed by atoms with Crippen molar-refractivity contribution in [3.8, 4) is 5.75 Å². The van der Waals surface area contributed by atoms with Gasteiger partial charge in [0, 0.05) is 30.6 Å². The quantitative estimate of drug-likeness (QED) is 0.843. The second kappa shape index (κ2) is 7.90. The van der Waals surface area contributed by atoms with Crippen LogP contribution in [0.3, 0.4) is 0 Å². The van der Waals surface area contributed by atoms with Gasteiger partial charge in [-0.3, -0.25) is 9.69 Å². The molecule has 2 atom stereocenters. The number of carbonyl (C=O) groups is 1. The number of carbonyl (C=O) groups excluding carboxylic acids is 1. The fourth-order valence-corrected chi connectivity index (χ4v) is 3.46. The molecule has 1 aliphatic heterocycles. The lowest BCUT2D eigenvalue weighted by molar-refractivity contribution is 0.0346. The van der Waals surface area contributed by atoms with Crippen LogP contribution in [0.4, 0.5) is 4.39 Å². The van der Waals surface area contributed by atoms with Crippen LogP contribution in [0.2, 0.25) is 0 Å². The lowest BCUT2D eigenvalue weighted by Gasteiger charge is -2.35. The number of methoxy groups -OCH3 is 1. The van der Waals surface area contributed by atoms with Gasteiger partial charge in [-0.15, -0.1) is 11.3 Å². The molecular weight excluding hydrogens is 345 g/mol. The Kier molecular flexibility index (Phi) is 5.62. The number of aromatic nitrogens is 1. The van der Waals surface area contributed by atoms with Gasteiger partial charge >= 0.3 is 0 Å². The van der Waals surface area contributed by atoms with Crippen LogP contribution in [-0.4, -0.2) is 53.2 Å². The summed E-state index contributed by atoms with van der Waals surface area (Å²) < 4.78 is 18.6. The van der Waals surface area contributed by atoms with Gasteiger partial charge in [-0.25, -0.2) is 9.37 Å². The molecule has 1 aromatic carbocycles. The number of piperidine rings is 1. The van der Waals surface area contributed by atoms with E-state index in [4.69, 9.17) is 4.74 Å². The van der Waals surface area contributed by atoms with Gasteiger partial charge in [-0.05, 0) is 24.6 Å². The summed E-state index contributed by atoms with van der Waals surface area (Å²) in [6.45, 7) is 1.89. The molecule has 1 fully saturated rings. The molecule has 134 valence electrons. The summed E-state index contributed by atoms with van der Waals surface area (Å²) in [4.78, 5) is 18.6. The zero-order chi connectivity index (χ0) is 17.8. The van der Waals surface area contributed by atoms with E-state index in [0.717, 1.165) is 18.3 Å². The Morgan fingerprint density at radius 3 is 3.04 bits per heavy atom. The Bertz CT molecular complexity index is 726. The maximum absolute atomic E-state index is 13.7. The minimum absolute atomic E-state index is 0.0898. The van der Waals surface area contributed by atoms with E-state index in [2.05, 4.69) is 15.2 Å². The van der Waals surface area contributed by atoms with Crippen molar-refractivity contribution >= 4 is 17.2 Å². The van der Waals surface area contributed by atoms with Crippen molar-refractivity contribution < 1.29 is 19.0 Å². The number of amides is 1. The molecule has 0 unspecified atom stereocenters. The van der Waals surface area contributed by atoms with Crippen LogP contribution in [0.5, 0.6) is 5.75 Å². The van der Waals surface area contributed by atoms with E-state index in [1.54, 1.807) is 16.8 Å². The molecule has 25 heavy (non-hydrogen) atoms. The van der Waals surface area contributed by atoms with Gasteiger partial charge < -0.3 is 15.2 Å². The van der Waals surface area contributed by atoms with Gasteiger partial charge in [0.15, 0.2) is 11.6 Å². The first-order chi connectivity index (χ1) is 12.1. The van der Waals surface area contributed by atoms with Crippen LogP contribution in [-0.2, 0) is 6.54 Å². The third kappa shape index (κ3) is 4.33. The highest BCUT2D eigenvalue weighted by Gasteiger charge is 2.29. The number of halogens is 1. The van der Waals surface area contributed by atoms with Gasteiger partial charge in [-0.1, -0.05) is 0 Å². The van der Waals surface area contributed by atoms with E-state index in [1.165, 1.54) is 19.2 Å². The Morgan fingerprint density at radius 1 is 1.56 bits per heavy atom. The topological polar surface area (TPSA) is 74.7 Å². The van der Waals surface area contributed by atoms with Crippen molar-refractivity contribution in [2.45, 2.75) is 25.1 Å². The van der Waals surface area contributed by atoms with Crippen LogP contribution >= 0.6 is 11.3 Å². The molecule has 0 saturated carbocycles. The standard InChI is InChI=1S/C17H20FN3O3S/c1-24-16-3-2-11(6-13(16)18)17(23)20-14-4-5-21(8-15(14)22)7-12-9-25-10-19-12/h2-3,6,9-10,14-15,22H,4-5,7-8H2,1H3,(H,20,23)/t14-,15-/m1/s1. The van der Waals surface area contributed by atoms with Crippen LogP contribution in [0, 0.1) is 5.82 Å². The third-order valence-corrected chi connectivity index (χ3v) is 4.90. The SMILES string of the molecule is COc1ccc(C(=O)N[C@@H]2CCN(Cc3cscn3)C[C@H]2O)cc1F. The number of likely N-dealkylation sites (tertiary alicyclic amines) is 1. The third-order valence-electron chi connectivity index (χ3n) is 4.27. The largest absolute Gasteiger partial charge is 0.494 e. The summed E-state index contributed by atoms with van der Waals surface area (Å²) in [7, 11) is 1.37. The first-order valence-corrected chi connectivity index (χ1v) is 8.93. The van der Waals surface area contributed by atoms with Crippen LogP contribution in [0.15, 0.2) is 29.1 Å². The van der Waals surface area contributed by atoms with E-state index in [0.29, 0.717) is 19.5 Å². The number of aliphatic hydroxyl groups excluding tert-OH is 1. The number of hydrogen-bond donors (Lipinski definition) is 2. The second-order valence-electron chi connectivity index (χ2n) is 6.00. The number of nitrogens with zero attached hydrogens (tertiary/aromatic N) is 2. The molecule has 1 saturated heterocycles. The van der Waals surface area contributed by atoms with E-state index >= 15 is 0 Å². The highest BCUT2D eigenvalue weighted by Crippen LogP contribution is 2.19. The van der Waals surface area contributed by atoms with Crippen molar-refractivity contribution in [1.29, 1.82) is 0 Å². The summed E-state index contributed by atoms with van der Waals surface area (Å²) in [5, 5.41) is 15.1. The van der Waals surface area contributed by atoms with Crippen molar-refractivity contribution in [3.63, 3.8) is 0 Å². The predicted molar refractivity (Wildman–Crippen MR) is 92.2 cm³/mol. The molecule has 8 heteroatoms. The number of thiazole rings is 1. The van der Waals surface area contributed by atoms with Gasteiger partial charge in [0.1, 0.15) is 0 Å². The average Bonchev–Trinajstić information content (AvgIpc) is 3.10. The Balaban J connectivity index is 1.56. The number of nitrogens with one attached hydrogen (secondary N) is 1. The van der Waals surface area contributed by atoms with Crippen LogP contribution in [0.25, 0.3) is 0 Å². The zero-order valence-electron chi connectivity index (χ0n) is 13.8. The first kappa shape index (κ1) is 17.8. The number of aliphatic hydroxyl groups is 1. The molecule has 1 aliphatic rings. The van der Waals surface area contributed by atoms with Gasteiger partial charge in [0.05, 0.1) is 30.5 Å². The van der Waals surface area contributed by atoms with Crippen molar-refractivity contribution in [1.82, 2.24) is 15.2 Å². The van der Waals surface area contributed by atoms with Crippen LogP contribution in [0.1, 0.15) is 22.5 Å². The van der Waals surface area contributed by atoms with Crippen molar-refractivity contribution in [2.24, 2.45) is 0 Å². The summed E-state index contributed by atoms with van der Waals surface area (Å²) in [6, 6.07) is 3.69. The Labute approximate surface area is 149 Å². The molecule has 3 rings (SSSR count). The van der Waals surface area contributed by atoms with E-state index in [-0.39, 0.29) is 17.4 Å². The smallest absolute Gasteiger partial charge is 0.251 e. The average molecular weight is 365 g/mol. The maximum Gasteiger partial charge on any atom is 0.251 e. The van der Waals surface area contributed by atoms with Crippen molar-refractivity contribution in [2.75, 3.05) is 20.2 Å². The van der Waals surface area contributed by atoms with Gasteiger partial charge in [-0.2, -0.15) is 0 Å². The zero-order valence-corrected chi connectivity index (χ0v) is 14.6. The molecule has 2 aromatic rings. The van der Waals surface area contributed by atoms with Crippen molar-refractivity contribution in [3.05, 3.63) is 46.2 Å². The monoisotopic (exact) mass is 365 g/mol. The fraction of sp³-hybridized carbons (Fsp3) is 0.412. The minimum atomic E-state index is -0.681. The maximum atomic E-state index is 13.7. The first-order valence-electron chi connectivity index (χ1n) is 7.98. The minimum Gasteiger partial charge on any atom is -0.494 e. The number of β-amino-alcohol motifs (C(OH)–C–C–N with tert-alkyl or cyclic N) is 1. The summed E-state index contributed by atoms with van der Waals surface area (Å²) in [6.07, 6.45) is -0.0604. The predicted octanol–water partition coefficient (Wildman–Crippen LogP) is 1.66. The number of benzene rings is 1. The summed E-state index contributed by atoms with van der Waals surface area (Å²) >= 11 is 1.54. The lowest BCUT2D eigenvalue weighted by Crippen LogP contribution is -2.53. The molecule has 2 heterocycles.